The lowest BCUT2D eigenvalue weighted by Gasteiger charge is -2.18. The minimum absolute atomic E-state index is 0.248. The first-order valence-corrected chi connectivity index (χ1v) is 6.93. The van der Waals surface area contributed by atoms with Crippen molar-refractivity contribution in [3.63, 3.8) is 0 Å². The number of hydrogen-bond acceptors (Lipinski definition) is 0. The topological polar surface area (TPSA) is 0 Å². The highest BCUT2D eigenvalue weighted by molar-refractivity contribution is 5.42. The Bertz CT molecular complexity index is 612. The summed E-state index contributed by atoms with van der Waals surface area (Å²) < 4.78 is 0. The van der Waals surface area contributed by atoms with Gasteiger partial charge in [0.05, 0.1) is 0 Å². The van der Waals surface area contributed by atoms with Crippen molar-refractivity contribution in [2.75, 3.05) is 0 Å². The van der Waals surface area contributed by atoms with Crippen molar-refractivity contribution < 1.29 is 0 Å². The molecule has 0 aromatic heterocycles. The molecule has 97 valence electrons. The van der Waals surface area contributed by atoms with Crippen LogP contribution in [0, 0.1) is 13.0 Å². The zero-order valence-corrected chi connectivity index (χ0v) is 11.6. The number of hydrogen-bond donors (Lipinski definition) is 0. The first-order chi connectivity index (χ1) is 9.84. The molecule has 3 aromatic rings. The van der Waals surface area contributed by atoms with Crippen LogP contribution in [0.2, 0.25) is 0 Å². The van der Waals surface area contributed by atoms with Crippen LogP contribution in [-0.2, 0) is 0 Å². The minimum atomic E-state index is 0.248. The average molecular weight is 257 g/mol. The van der Waals surface area contributed by atoms with Crippen molar-refractivity contribution in [2.45, 2.75) is 12.8 Å². The van der Waals surface area contributed by atoms with Gasteiger partial charge in [0, 0.05) is 5.92 Å². The van der Waals surface area contributed by atoms with Crippen LogP contribution in [0.3, 0.4) is 0 Å². The van der Waals surface area contributed by atoms with E-state index in [4.69, 9.17) is 0 Å². The maximum absolute atomic E-state index is 3.38. The van der Waals surface area contributed by atoms with Crippen LogP contribution >= 0.6 is 0 Å². The average Bonchev–Trinajstić information content (AvgIpc) is 2.52. The van der Waals surface area contributed by atoms with Crippen molar-refractivity contribution in [1.82, 2.24) is 0 Å². The lowest BCUT2D eigenvalue weighted by Crippen LogP contribution is -2.03. The van der Waals surface area contributed by atoms with Crippen molar-refractivity contribution >= 4 is 0 Å². The highest BCUT2D eigenvalue weighted by atomic mass is 14.2. The van der Waals surface area contributed by atoms with E-state index < -0.39 is 0 Å². The summed E-state index contributed by atoms with van der Waals surface area (Å²) in [5.74, 6) is 0.248. The van der Waals surface area contributed by atoms with Gasteiger partial charge in [-0.15, -0.1) is 0 Å². The molecule has 0 fully saturated rings. The number of rotatable bonds is 3. The third kappa shape index (κ3) is 2.65. The zero-order valence-electron chi connectivity index (χ0n) is 11.6. The van der Waals surface area contributed by atoms with Crippen molar-refractivity contribution in [2.24, 2.45) is 0 Å². The predicted octanol–water partition coefficient (Wildman–Crippen LogP) is 4.98. The monoisotopic (exact) mass is 257 g/mol. The lowest BCUT2D eigenvalue weighted by molar-refractivity contribution is 0.974. The SMILES string of the molecule is Cc1ccc(C(c2[c]cccc2)c2ccccc2)cc1. The van der Waals surface area contributed by atoms with E-state index in [0.717, 1.165) is 0 Å². The Hall–Kier alpha value is -2.34. The first-order valence-electron chi connectivity index (χ1n) is 6.93. The van der Waals surface area contributed by atoms with Gasteiger partial charge in [-0.05, 0) is 29.7 Å². The summed E-state index contributed by atoms with van der Waals surface area (Å²) in [6.07, 6.45) is 0. The molecule has 1 radical (unpaired) electrons. The van der Waals surface area contributed by atoms with Gasteiger partial charge in [-0.3, -0.25) is 0 Å². The molecule has 0 saturated carbocycles. The van der Waals surface area contributed by atoms with Crippen LogP contribution in [0.25, 0.3) is 0 Å². The second-order valence-electron chi connectivity index (χ2n) is 5.07. The summed E-state index contributed by atoms with van der Waals surface area (Å²) >= 11 is 0. The Morgan fingerprint density at radius 3 is 2.00 bits per heavy atom. The van der Waals surface area contributed by atoms with Gasteiger partial charge in [0.15, 0.2) is 0 Å². The van der Waals surface area contributed by atoms with E-state index in [9.17, 15) is 0 Å². The quantitative estimate of drug-likeness (QED) is 0.581. The van der Waals surface area contributed by atoms with Gasteiger partial charge in [-0.25, -0.2) is 0 Å². The van der Waals surface area contributed by atoms with Gasteiger partial charge in [0.1, 0.15) is 0 Å². The van der Waals surface area contributed by atoms with Gasteiger partial charge in [-0.1, -0.05) is 84.4 Å². The second kappa shape index (κ2) is 5.75. The first kappa shape index (κ1) is 12.7. The summed E-state index contributed by atoms with van der Waals surface area (Å²) in [5.41, 5.74) is 5.11. The van der Waals surface area contributed by atoms with Crippen molar-refractivity contribution in [1.29, 1.82) is 0 Å². The molecule has 0 amide bonds. The largest absolute Gasteiger partial charge is 0.0622 e. The molecule has 0 aliphatic carbocycles. The molecule has 0 aliphatic heterocycles. The zero-order chi connectivity index (χ0) is 13.8. The lowest BCUT2D eigenvalue weighted by atomic mass is 9.85. The van der Waals surface area contributed by atoms with Crippen LogP contribution in [-0.4, -0.2) is 0 Å². The highest BCUT2D eigenvalue weighted by Crippen LogP contribution is 2.31. The molecule has 0 N–H and O–H groups in total. The van der Waals surface area contributed by atoms with E-state index in [1.807, 2.05) is 12.1 Å². The van der Waals surface area contributed by atoms with E-state index in [0.29, 0.717) is 0 Å². The van der Waals surface area contributed by atoms with Gasteiger partial charge < -0.3 is 0 Å². The molecule has 3 rings (SSSR count). The molecule has 20 heavy (non-hydrogen) atoms. The Kier molecular flexibility index (Phi) is 3.64. The maximum Gasteiger partial charge on any atom is 0.0346 e. The Balaban J connectivity index is 2.11. The van der Waals surface area contributed by atoms with Gasteiger partial charge in [0.25, 0.3) is 0 Å². The van der Waals surface area contributed by atoms with Crippen LogP contribution in [0.15, 0.2) is 78.9 Å². The molecule has 0 nitrogen and oxygen atoms in total. The smallest absolute Gasteiger partial charge is 0.0346 e. The third-order valence-electron chi connectivity index (χ3n) is 3.59. The van der Waals surface area contributed by atoms with Crippen LogP contribution < -0.4 is 0 Å². The third-order valence-corrected chi connectivity index (χ3v) is 3.59. The van der Waals surface area contributed by atoms with E-state index in [1.54, 1.807) is 0 Å². The Morgan fingerprint density at radius 2 is 1.35 bits per heavy atom. The van der Waals surface area contributed by atoms with Gasteiger partial charge in [0.2, 0.25) is 0 Å². The molecule has 0 saturated heterocycles. The van der Waals surface area contributed by atoms with Gasteiger partial charge >= 0.3 is 0 Å². The Morgan fingerprint density at radius 1 is 0.700 bits per heavy atom. The van der Waals surface area contributed by atoms with Crippen molar-refractivity contribution in [3.8, 4) is 0 Å². The molecule has 1 unspecified atom stereocenters. The van der Waals surface area contributed by atoms with Crippen LogP contribution in [0.5, 0.6) is 0 Å². The normalized spacial score (nSPS) is 10.7. The number of aryl methyl sites for hydroxylation is 1. The molecule has 0 heteroatoms. The Labute approximate surface area is 120 Å². The maximum atomic E-state index is 3.38. The molecule has 0 heterocycles. The fourth-order valence-corrected chi connectivity index (χ4v) is 2.54. The summed E-state index contributed by atoms with van der Waals surface area (Å²) in [6, 6.07) is 31.0. The van der Waals surface area contributed by atoms with E-state index in [2.05, 4.69) is 79.7 Å². The minimum Gasteiger partial charge on any atom is -0.0622 e. The standard InChI is InChI=1S/C20H17/c1-16-12-14-19(15-13-16)20(17-8-4-2-5-9-17)18-10-6-3-7-11-18/h2-10,12-15,20H,1H3. The predicted molar refractivity (Wildman–Crippen MR) is 83.8 cm³/mol. The fraction of sp³-hybridized carbons (Fsp3) is 0.100. The highest BCUT2D eigenvalue weighted by Gasteiger charge is 2.15. The summed E-state index contributed by atoms with van der Waals surface area (Å²) in [5, 5.41) is 0. The molecule has 0 bridgehead atoms. The second-order valence-corrected chi connectivity index (χ2v) is 5.07. The fourth-order valence-electron chi connectivity index (χ4n) is 2.54. The molecule has 3 aromatic carbocycles. The molecular formula is C20H17. The molecular weight excluding hydrogens is 240 g/mol. The van der Waals surface area contributed by atoms with Crippen LogP contribution in [0.4, 0.5) is 0 Å². The molecule has 0 aliphatic rings. The summed E-state index contributed by atoms with van der Waals surface area (Å²) in [6.45, 7) is 2.12. The van der Waals surface area contributed by atoms with Crippen LogP contribution in [0.1, 0.15) is 28.2 Å². The molecule has 0 spiro atoms. The molecule has 1 atom stereocenters. The summed E-state index contributed by atoms with van der Waals surface area (Å²) in [7, 11) is 0. The van der Waals surface area contributed by atoms with E-state index >= 15 is 0 Å². The van der Waals surface area contributed by atoms with E-state index in [-0.39, 0.29) is 5.92 Å². The van der Waals surface area contributed by atoms with E-state index in [1.165, 1.54) is 22.3 Å². The van der Waals surface area contributed by atoms with Crippen molar-refractivity contribution in [3.05, 3.63) is 107 Å². The summed E-state index contributed by atoms with van der Waals surface area (Å²) in [4.78, 5) is 0. The van der Waals surface area contributed by atoms with Gasteiger partial charge in [-0.2, -0.15) is 0 Å². The number of benzene rings is 3.